The fraction of sp³-hybridized carbons (Fsp3) is 0.789. The lowest BCUT2D eigenvalue weighted by Gasteiger charge is -2.36. The molecular formula is C19H31N5O2. The molecule has 0 aromatic carbocycles. The number of amides is 1. The van der Waals surface area contributed by atoms with Crippen LogP contribution in [0, 0.1) is 5.92 Å². The summed E-state index contributed by atoms with van der Waals surface area (Å²) in [4.78, 5) is 17.4. The first kappa shape index (κ1) is 17.9. The maximum Gasteiger partial charge on any atom is 0.274 e. The molecule has 0 spiro atoms. The zero-order valence-corrected chi connectivity index (χ0v) is 15.6. The fourth-order valence-corrected chi connectivity index (χ4v) is 4.42. The van der Waals surface area contributed by atoms with Gasteiger partial charge in [-0.3, -0.25) is 14.4 Å². The van der Waals surface area contributed by atoms with Crippen LogP contribution in [0.5, 0.6) is 0 Å². The largest absolute Gasteiger partial charge is 0.379 e. The number of aromatic nitrogens is 2. The van der Waals surface area contributed by atoms with E-state index in [9.17, 15) is 4.79 Å². The number of morpholine rings is 1. The normalized spacial score (nSPS) is 28.2. The lowest BCUT2D eigenvalue weighted by molar-refractivity contribution is 0.0223. The average molecular weight is 361 g/mol. The van der Waals surface area contributed by atoms with E-state index >= 15 is 0 Å². The average Bonchev–Trinajstić information content (AvgIpc) is 3.19. The highest BCUT2D eigenvalue weighted by atomic mass is 16.5. The number of piperidine rings is 2. The predicted octanol–water partition coefficient (Wildman–Crippen LogP) is 0.992. The first-order chi connectivity index (χ1) is 12.8. The molecule has 4 heterocycles. The van der Waals surface area contributed by atoms with Crippen molar-refractivity contribution in [3.05, 3.63) is 18.0 Å². The Hall–Kier alpha value is -1.44. The smallest absolute Gasteiger partial charge is 0.274 e. The van der Waals surface area contributed by atoms with Gasteiger partial charge in [0, 0.05) is 45.5 Å². The van der Waals surface area contributed by atoms with Crippen molar-refractivity contribution in [1.29, 1.82) is 0 Å². The van der Waals surface area contributed by atoms with Crippen LogP contribution < -0.4 is 5.32 Å². The minimum atomic E-state index is 0.0965. The summed E-state index contributed by atoms with van der Waals surface area (Å²) in [6.07, 6.45) is 6.58. The molecule has 0 saturated carbocycles. The summed E-state index contributed by atoms with van der Waals surface area (Å²) < 4.78 is 7.42. The monoisotopic (exact) mass is 361 g/mol. The van der Waals surface area contributed by atoms with Gasteiger partial charge in [-0.25, -0.2) is 0 Å². The van der Waals surface area contributed by atoms with Gasteiger partial charge in [-0.2, -0.15) is 5.10 Å². The molecule has 4 rings (SSSR count). The maximum atomic E-state index is 12.9. The number of hydrogen-bond acceptors (Lipinski definition) is 5. The first-order valence-corrected chi connectivity index (χ1v) is 10.1. The van der Waals surface area contributed by atoms with E-state index in [-0.39, 0.29) is 5.91 Å². The number of hydrogen-bond donors (Lipinski definition) is 1. The van der Waals surface area contributed by atoms with Crippen LogP contribution in [-0.2, 0) is 4.74 Å². The zero-order valence-electron chi connectivity index (χ0n) is 15.6. The molecule has 3 aliphatic rings. The quantitative estimate of drug-likeness (QED) is 0.867. The van der Waals surface area contributed by atoms with Crippen LogP contribution in [0.2, 0.25) is 0 Å². The van der Waals surface area contributed by atoms with Gasteiger partial charge in [0.15, 0.2) is 0 Å². The summed E-state index contributed by atoms with van der Waals surface area (Å²) in [7, 11) is 0. The number of nitrogens with zero attached hydrogens (tertiary/aromatic N) is 4. The number of carbonyl (C=O) groups excluding carboxylic acids is 1. The molecule has 2 unspecified atom stereocenters. The molecule has 3 aliphatic heterocycles. The maximum absolute atomic E-state index is 12.9. The van der Waals surface area contributed by atoms with Gasteiger partial charge < -0.3 is 15.0 Å². The molecule has 144 valence electrons. The Morgan fingerprint density at radius 2 is 2.12 bits per heavy atom. The van der Waals surface area contributed by atoms with E-state index < -0.39 is 0 Å². The SMILES string of the molecule is O=C(c1ccn(C2CCCNC2)n1)N1CCCC(CN2CCOCC2)C1. The summed E-state index contributed by atoms with van der Waals surface area (Å²) >= 11 is 0. The van der Waals surface area contributed by atoms with Gasteiger partial charge in [0.1, 0.15) is 5.69 Å². The molecule has 1 aromatic rings. The van der Waals surface area contributed by atoms with E-state index in [1.165, 1.54) is 12.8 Å². The Balaban J connectivity index is 1.34. The number of carbonyl (C=O) groups is 1. The van der Waals surface area contributed by atoms with Crippen LogP contribution in [0.25, 0.3) is 0 Å². The number of rotatable bonds is 4. The van der Waals surface area contributed by atoms with E-state index in [0.717, 1.165) is 71.9 Å². The second kappa shape index (κ2) is 8.50. The molecule has 0 aliphatic carbocycles. The third-order valence-corrected chi connectivity index (χ3v) is 5.90. The Morgan fingerprint density at radius 3 is 2.92 bits per heavy atom. The number of ether oxygens (including phenoxy) is 1. The van der Waals surface area contributed by atoms with Crippen molar-refractivity contribution in [2.45, 2.75) is 31.7 Å². The highest BCUT2D eigenvalue weighted by Crippen LogP contribution is 2.21. The topological polar surface area (TPSA) is 62.6 Å². The van der Waals surface area contributed by atoms with E-state index in [2.05, 4.69) is 15.3 Å². The van der Waals surface area contributed by atoms with Gasteiger partial charge in [0.05, 0.1) is 19.3 Å². The van der Waals surface area contributed by atoms with Crippen LogP contribution in [0.4, 0.5) is 0 Å². The third kappa shape index (κ3) is 4.27. The van der Waals surface area contributed by atoms with Gasteiger partial charge in [-0.1, -0.05) is 0 Å². The molecule has 1 aromatic heterocycles. The summed E-state index contributed by atoms with van der Waals surface area (Å²) in [5.41, 5.74) is 0.600. The fourth-order valence-electron chi connectivity index (χ4n) is 4.42. The van der Waals surface area contributed by atoms with E-state index in [1.54, 1.807) is 0 Å². The first-order valence-electron chi connectivity index (χ1n) is 10.1. The van der Waals surface area contributed by atoms with Crippen LogP contribution in [0.3, 0.4) is 0 Å². The summed E-state index contributed by atoms with van der Waals surface area (Å²) in [6.45, 7) is 8.53. The predicted molar refractivity (Wildman–Crippen MR) is 99.3 cm³/mol. The standard InChI is InChI=1S/C19H31N5O2/c25-19(18-5-8-24(21-18)17-4-1-6-20-13-17)23-7-2-3-16(15-23)14-22-9-11-26-12-10-22/h5,8,16-17,20H,1-4,6-7,9-15H2. The third-order valence-electron chi connectivity index (χ3n) is 5.90. The molecular weight excluding hydrogens is 330 g/mol. The van der Waals surface area contributed by atoms with E-state index in [0.29, 0.717) is 17.7 Å². The van der Waals surface area contributed by atoms with Crippen molar-refractivity contribution in [3.63, 3.8) is 0 Å². The van der Waals surface area contributed by atoms with Gasteiger partial charge in [-0.05, 0) is 44.2 Å². The summed E-state index contributed by atoms with van der Waals surface area (Å²) in [6, 6.07) is 2.27. The van der Waals surface area contributed by atoms with Crippen molar-refractivity contribution < 1.29 is 9.53 Å². The molecule has 3 saturated heterocycles. The van der Waals surface area contributed by atoms with Gasteiger partial charge in [0.2, 0.25) is 0 Å². The molecule has 2 atom stereocenters. The van der Waals surface area contributed by atoms with Gasteiger partial charge >= 0.3 is 0 Å². The number of nitrogens with one attached hydrogen (secondary N) is 1. The number of likely N-dealkylation sites (tertiary alicyclic amines) is 1. The molecule has 0 radical (unpaired) electrons. The van der Waals surface area contributed by atoms with Gasteiger partial charge in [0.25, 0.3) is 5.91 Å². The van der Waals surface area contributed by atoms with Crippen LogP contribution in [0.1, 0.15) is 42.2 Å². The van der Waals surface area contributed by atoms with E-state index in [1.807, 2.05) is 21.8 Å². The van der Waals surface area contributed by atoms with Crippen molar-refractivity contribution in [1.82, 2.24) is 24.9 Å². The van der Waals surface area contributed by atoms with Crippen molar-refractivity contribution >= 4 is 5.91 Å². The highest BCUT2D eigenvalue weighted by Gasteiger charge is 2.28. The molecule has 0 bridgehead atoms. The second-order valence-corrected chi connectivity index (χ2v) is 7.85. The van der Waals surface area contributed by atoms with Crippen molar-refractivity contribution in [3.8, 4) is 0 Å². The van der Waals surface area contributed by atoms with Crippen molar-refractivity contribution in [2.24, 2.45) is 5.92 Å². The highest BCUT2D eigenvalue weighted by molar-refractivity contribution is 5.92. The molecule has 1 N–H and O–H groups in total. The van der Waals surface area contributed by atoms with Crippen LogP contribution in [0.15, 0.2) is 12.3 Å². The van der Waals surface area contributed by atoms with Crippen molar-refractivity contribution in [2.75, 3.05) is 59.0 Å². The van der Waals surface area contributed by atoms with Gasteiger partial charge in [-0.15, -0.1) is 0 Å². The lowest BCUT2D eigenvalue weighted by Crippen LogP contribution is -2.46. The summed E-state index contributed by atoms with van der Waals surface area (Å²) in [5, 5.41) is 8.02. The minimum Gasteiger partial charge on any atom is -0.379 e. The Morgan fingerprint density at radius 1 is 1.23 bits per heavy atom. The van der Waals surface area contributed by atoms with Crippen LogP contribution >= 0.6 is 0 Å². The Labute approximate surface area is 155 Å². The second-order valence-electron chi connectivity index (χ2n) is 7.85. The van der Waals surface area contributed by atoms with E-state index in [4.69, 9.17) is 4.74 Å². The molecule has 26 heavy (non-hydrogen) atoms. The summed E-state index contributed by atoms with van der Waals surface area (Å²) in [5.74, 6) is 0.662. The molecule has 1 amide bonds. The Bertz CT molecular complexity index is 593. The minimum absolute atomic E-state index is 0.0965. The lowest BCUT2D eigenvalue weighted by atomic mass is 9.97. The Kier molecular flexibility index (Phi) is 5.87. The molecule has 7 nitrogen and oxygen atoms in total. The zero-order chi connectivity index (χ0) is 17.8. The molecule has 3 fully saturated rings. The van der Waals surface area contributed by atoms with Crippen LogP contribution in [-0.4, -0.2) is 84.5 Å². The molecule has 7 heteroatoms.